The monoisotopic (exact) mass is 282 g/mol. The van der Waals surface area contributed by atoms with E-state index in [1.807, 2.05) is 34.0 Å². The van der Waals surface area contributed by atoms with E-state index in [9.17, 15) is 4.79 Å². The number of urea groups is 1. The second kappa shape index (κ2) is 7.28. The second-order valence-corrected chi connectivity index (χ2v) is 6.00. The molecule has 2 amide bonds. The Morgan fingerprint density at radius 1 is 1.55 bits per heavy atom. The lowest BCUT2D eigenvalue weighted by molar-refractivity contribution is 0.148. The fraction of sp³-hybridized carbons (Fsp3) is 0.714. The smallest absolute Gasteiger partial charge is 0.315 e. The van der Waals surface area contributed by atoms with Gasteiger partial charge >= 0.3 is 6.03 Å². The van der Waals surface area contributed by atoms with Gasteiger partial charge in [0, 0.05) is 32.0 Å². The number of aromatic nitrogens is 2. The van der Waals surface area contributed by atoms with Crippen molar-refractivity contribution >= 4 is 6.03 Å². The van der Waals surface area contributed by atoms with Gasteiger partial charge < -0.3 is 15.7 Å². The van der Waals surface area contributed by atoms with Crippen molar-refractivity contribution in [3.8, 4) is 0 Å². The molecule has 0 spiro atoms. The molecule has 114 valence electrons. The van der Waals surface area contributed by atoms with Gasteiger partial charge in [-0.15, -0.1) is 0 Å². The second-order valence-electron chi connectivity index (χ2n) is 6.00. The van der Waals surface area contributed by atoms with Crippen molar-refractivity contribution in [3.63, 3.8) is 0 Å². The summed E-state index contributed by atoms with van der Waals surface area (Å²) in [4.78, 5) is 11.7. The largest absolute Gasteiger partial charge is 0.396 e. The minimum absolute atomic E-state index is 0.0717. The van der Waals surface area contributed by atoms with E-state index in [-0.39, 0.29) is 24.1 Å². The molecule has 3 N–H and O–H groups in total. The Morgan fingerprint density at radius 3 is 2.80 bits per heavy atom. The minimum atomic E-state index is -0.178. The zero-order valence-corrected chi connectivity index (χ0v) is 12.8. The summed E-state index contributed by atoms with van der Waals surface area (Å²) < 4.78 is 1.71. The molecule has 6 nitrogen and oxygen atoms in total. The number of carbonyl (C=O) groups is 1. The third kappa shape index (κ3) is 5.61. The Kier molecular flexibility index (Phi) is 6.01. The Labute approximate surface area is 120 Å². The molecule has 1 rings (SSSR count). The molecule has 6 heteroatoms. The van der Waals surface area contributed by atoms with Crippen LogP contribution in [-0.2, 0) is 7.05 Å². The van der Waals surface area contributed by atoms with Gasteiger partial charge in [0.1, 0.15) is 0 Å². The van der Waals surface area contributed by atoms with E-state index in [1.165, 1.54) is 0 Å². The highest BCUT2D eigenvalue weighted by Gasteiger charge is 2.16. The van der Waals surface area contributed by atoms with Crippen LogP contribution < -0.4 is 10.6 Å². The van der Waals surface area contributed by atoms with E-state index in [4.69, 9.17) is 5.11 Å². The third-order valence-electron chi connectivity index (χ3n) is 3.32. The Hall–Kier alpha value is -1.56. The number of nitrogens with one attached hydrogen (secondary N) is 2. The molecule has 1 heterocycles. The normalized spacial score (nSPS) is 13.1. The molecule has 0 saturated heterocycles. The van der Waals surface area contributed by atoms with Gasteiger partial charge in [-0.1, -0.05) is 13.8 Å². The van der Waals surface area contributed by atoms with Gasteiger partial charge in [0.15, 0.2) is 0 Å². The van der Waals surface area contributed by atoms with Crippen LogP contribution in [0.25, 0.3) is 0 Å². The zero-order chi connectivity index (χ0) is 15.2. The predicted molar refractivity (Wildman–Crippen MR) is 78.3 cm³/mol. The van der Waals surface area contributed by atoms with Gasteiger partial charge in [-0.3, -0.25) is 4.68 Å². The summed E-state index contributed by atoms with van der Waals surface area (Å²) in [7, 11) is 1.85. The maximum absolute atomic E-state index is 11.7. The number of aliphatic hydroxyl groups excluding tert-OH is 1. The van der Waals surface area contributed by atoms with Crippen molar-refractivity contribution in [2.75, 3.05) is 13.2 Å². The Balaban J connectivity index is 2.24. The molecule has 0 radical (unpaired) electrons. The van der Waals surface area contributed by atoms with E-state index in [0.29, 0.717) is 6.54 Å². The van der Waals surface area contributed by atoms with Crippen LogP contribution >= 0.6 is 0 Å². The van der Waals surface area contributed by atoms with Crippen LogP contribution in [0.15, 0.2) is 12.4 Å². The first-order valence-electron chi connectivity index (χ1n) is 6.98. The van der Waals surface area contributed by atoms with Crippen molar-refractivity contribution < 1.29 is 9.90 Å². The quantitative estimate of drug-likeness (QED) is 0.664. The lowest BCUT2D eigenvalue weighted by Gasteiger charge is -2.21. The summed E-state index contributed by atoms with van der Waals surface area (Å²) in [6.45, 7) is 6.72. The third-order valence-corrected chi connectivity index (χ3v) is 3.32. The number of nitrogens with zero attached hydrogens (tertiary/aromatic N) is 2. The van der Waals surface area contributed by atoms with Crippen LogP contribution in [0.2, 0.25) is 0 Å². The molecule has 0 bridgehead atoms. The molecule has 1 unspecified atom stereocenters. The molecule has 0 aliphatic heterocycles. The van der Waals surface area contributed by atoms with Gasteiger partial charge in [0.2, 0.25) is 0 Å². The van der Waals surface area contributed by atoms with Gasteiger partial charge in [0.05, 0.1) is 12.2 Å². The lowest BCUT2D eigenvalue weighted by atomic mass is 9.89. The Morgan fingerprint density at radius 2 is 2.25 bits per heavy atom. The topological polar surface area (TPSA) is 79.2 Å². The summed E-state index contributed by atoms with van der Waals surface area (Å²) in [6, 6.07) is -0.249. The molecular weight excluding hydrogens is 256 g/mol. The first kappa shape index (κ1) is 16.5. The molecule has 20 heavy (non-hydrogen) atoms. The highest BCUT2D eigenvalue weighted by molar-refractivity contribution is 5.74. The molecule has 0 fully saturated rings. The van der Waals surface area contributed by atoms with Crippen molar-refractivity contribution in [2.45, 2.75) is 39.7 Å². The maximum Gasteiger partial charge on any atom is 0.315 e. The first-order valence-corrected chi connectivity index (χ1v) is 6.98. The maximum atomic E-state index is 11.7. The number of carbonyl (C=O) groups excluding carboxylic acids is 1. The minimum Gasteiger partial charge on any atom is -0.396 e. The van der Waals surface area contributed by atoms with E-state index < -0.39 is 0 Å². The molecule has 1 atom stereocenters. The number of hydrogen-bond acceptors (Lipinski definition) is 3. The molecular formula is C14H26N4O2. The molecule has 0 saturated carbocycles. The van der Waals surface area contributed by atoms with Crippen LogP contribution in [0.5, 0.6) is 0 Å². The molecule has 1 aromatic heterocycles. The average Bonchev–Trinajstić information content (AvgIpc) is 2.81. The highest BCUT2D eigenvalue weighted by atomic mass is 16.3. The van der Waals surface area contributed by atoms with Crippen LogP contribution in [0.4, 0.5) is 4.79 Å². The van der Waals surface area contributed by atoms with E-state index >= 15 is 0 Å². The molecule has 0 aromatic carbocycles. The molecule has 0 aliphatic rings. The van der Waals surface area contributed by atoms with Gasteiger partial charge in [-0.25, -0.2) is 4.79 Å². The Bertz CT molecular complexity index is 429. The van der Waals surface area contributed by atoms with Crippen LogP contribution in [0.1, 0.15) is 45.2 Å². The summed E-state index contributed by atoms with van der Waals surface area (Å²) in [5.74, 6) is 0. The van der Waals surface area contributed by atoms with Crippen LogP contribution in [-0.4, -0.2) is 34.1 Å². The fourth-order valence-corrected chi connectivity index (χ4v) is 1.84. The average molecular weight is 282 g/mol. The van der Waals surface area contributed by atoms with Crippen molar-refractivity contribution in [1.82, 2.24) is 20.4 Å². The van der Waals surface area contributed by atoms with Gasteiger partial charge in [-0.2, -0.15) is 5.10 Å². The van der Waals surface area contributed by atoms with Crippen LogP contribution in [0, 0.1) is 5.41 Å². The SMILES string of the molecule is CC(NC(=O)NCCCC(C)(C)CO)c1cnn(C)c1. The predicted octanol–water partition coefficient (Wildman–Crippen LogP) is 1.58. The number of amides is 2. The van der Waals surface area contributed by atoms with Crippen LogP contribution in [0.3, 0.4) is 0 Å². The highest BCUT2D eigenvalue weighted by Crippen LogP contribution is 2.20. The zero-order valence-electron chi connectivity index (χ0n) is 12.8. The van der Waals surface area contributed by atoms with Crippen molar-refractivity contribution in [1.29, 1.82) is 0 Å². The van der Waals surface area contributed by atoms with E-state index in [2.05, 4.69) is 15.7 Å². The number of aliphatic hydroxyl groups is 1. The van der Waals surface area contributed by atoms with Gasteiger partial charge in [-0.05, 0) is 25.2 Å². The summed E-state index contributed by atoms with van der Waals surface area (Å²) in [5.41, 5.74) is 0.894. The standard InChI is InChI=1S/C14H26N4O2/c1-11(12-8-16-18(4)9-12)17-13(20)15-7-5-6-14(2,3)10-19/h8-9,11,19H,5-7,10H2,1-4H3,(H2,15,17,20). The lowest BCUT2D eigenvalue weighted by Crippen LogP contribution is -2.37. The van der Waals surface area contributed by atoms with Crippen molar-refractivity contribution in [3.05, 3.63) is 18.0 Å². The van der Waals surface area contributed by atoms with Gasteiger partial charge in [0.25, 0.3) is 0 Å². The molecule has 1 aromatic rings. The van der Waals surface area contributed by atoms with E-state index in [1.54, 1.807) is 10.9 Å². The molecule has 0 aliphatic carbocycles. The summed E-state index contributed by atoms with van der Waals surface area (Å²) in [6.07, 6.45) is 5.35. The first-order chi connectivity index (χ1) is 9.34. The fourth-order valence-electron chi connectivity index (χ4n) is 1.84. The summed E-state index contributed by atoms with van der Waals surface area (Å²) in [5, 5.41) is 18.9. The summed E-state index contributed by atoms with van der Waals surface area (Å²) >= 11 is 0. The number of aryl methyl sites for hydroxylation is 1. The van der Waals surface area contributed by atoms with Crippen molar-refractivity contribution in [2.24, 2.45) is 12.5 Å². The number of hydrogen-bond donors (Lipinski definition) is 3. The van der Waals surface area contributed by atoms with E-state index in [0.717, 1.165) is 18.4 Å². The number of rotatable bonds is 7.